The summed E-state index contributed by atoms with van der Waals surface area (Å²) in [6.45, 7) is 20.7. The van der Waals surface area contributed by atoms with Crippen molar-refractivity contribution < 1.29 is 24.2 Å². The van der Waals surface area contributed by atoms with E-state index in [1.165, 1.54) is 0 Å². The highest BCUT2D eigenvalue weighted by Crippen LogP contribution is 2.65. The second kappa shape index (κ2) is 12.9. The first-order valence-corrected chi connectivity index (χ1v) is 16.0. The van der Waals surface area contributed by atoms with Crippen LogP contribution in [0.4, 0.5) is 5.69 Å². The number of amides is 3. The Kier molecular flexibility index (Phi) is 9.92. The number of rotatable bonds is 14. The number of benzene rings is 1. The lowest BCUT2D eigenvalue weighted by atomic mass is 9.64. The Morgan fingerprint density at radius 2 is 1.77 bits per heavy atom. The van der Waals surface area contributed by atoms with Crippen LogP contribution in [0.2, 0.25) is 0 Å². The smallest absolute Gasteiger partial charge is 0.253 e. The van der Waals surface area contributed by atoms with Gasteiger partial charge in [0.05, 0.1) is 30.1 Å². The van der Waals surface area contributed by atoms with E-state index in [0.29, 0.717) is 38.8 Å². The van der Waals surface area contributed by atoms with E-state index in [1.807, 2.05) is 59.7 Å². The van der Waals surface area contributed by atoms with Crippen molar-refractivity contribution in [2.24, 2.45) is 17.8 Å². The summed E-state index contributed by atoms with van der Waals surface area (Å²) in [5, 5.41) is 10.7. The van der Waals surface area contributed by atoms with Crippen molar-refractivity contribution in [1.29, 1.82) is 0 Å². The van der Waals surface area contributed by atoms with Crippen LogP contribution in [0.25, 0.3) is 0 Å². The van der Waals surface area contributed by atoms with Crippen molar-refractivity contribution in [3.8, 4) is 0 Å². The number of fused-ring (bicyclic) bond motifs is 1. The molecule has 3 aliphatic heterocycles. The van der Waals surface area contributed by atoms with Gasteiger partial charge in [-0.1, -0.05) is 64.5 Å². The highest BCUT2D eigenvalue weighted by atomic mass is 16.5. The predicted octanol–water partition coefficient (Wildman–Crippen LogP) is 4.81. The van der Waals surface area contributed by atoms with Crippen molar-refractivity contribution in [1.82, 2.24) is 9.80 Å². The second-order valence-electron chi connectivity index (χ2n) is 12.8. The summed E-state index contributed by atoms with van der Waals surface area (Å²) in [6.07, 6.45) is 6.55. The van der Waals surface area contributed by atoms with Gasteiger partial charge in [0.1, 0.15) is 11.6 Å². The molecule has 2 unspecified atom stereocenters. The minimum absolute atomic E-state index is 0.0728. The van der Waals surface area contributed by atoms with Crippen molar-refractivity contribution in [2.45, 2.75) is 96.9 Å². The first kappa shape index (κ1) is 32.9. The highest BCUT2D eigenvalue weighted by Gasteiger charge is 2.79. The quantitative estimate of drug-likeness (QED) is 0.313. The van der Waals surface area contributed by atoms with Crippen LogP contribution in [0.1, 0.15) is 70.9 Å². The molecule has 3 amide bonds. The van der Waals surface area contributed by atoms with E-state index in [-0.39, 0.29) is 36.8 Å². The lowest BCUT2D eigenvalue weighted by Gasteiger charge is -2.41. The zero-order valence-electron chi connectivity index (χ0n) is 27.0. The van der Waals surface area contributed by atoms with E-state index < -0.39 is 35.1 Å². The molecule has 0 aliphatic carbocycles. The summed E-state index contributed by atoms with van der Waals surface area (Å²) in [5.74, 6) is -2.23. The van der Waals surface area contributed by atoms with Crippen LogP contribution in [0.15, 0.2) is 43.5 Å². The lowest BCUT2D eigenvalue weighted by Crippen LogP contribution is -2.60. The summed E-state index contributed by atoms with van der Waals surface area (Å²) in [5.41, 5.74) is 0.662. The van der Waals surface area contributed by atoms with Crippen LogP contribution in [0, 0.1) is 31.6 Å². The monoisotopic (exact) mass is 593 g/mol. The number of para-hydroxylation sites is 1. The molecule has 8 heteroatoms. The average molecular weight is 594 g/mol. The van der Waals surface area contributed by atoms with Gasteiger partial charge in [0.25, 0.3) is 5.91 Å². The summed E-state index contributed by atoms with van der Waals surface area (Å²) < 4.78 is 7.04. The molecule has 2 bridgehead atoms. The zero-order valence-corrected chi connectivity index (χ0v) is 27.0. The minimum Gasteiger partial charge on any atom is -0.394 e. The Bertz CT molecular complexity index is 1230. The van der Waals surface area contributed by atoms with Crippen LogP contribution < -0.4 is 4.90 Å². The van der Waals surface area contributed by atoms with Crippen molar-refractivity contribution in [3.05, 3.63) is 54.6 Å². The fourth-order valence-electron chi connectivity index (χ4n) is 8.20. The van der Waals surface area contributed by atoms with E-state index >= 15 is 4.79 Å². The van der Waals surface area contributed by atoms with Crippen LogP contribution in [0.3, 0.4) is 0 Å². The molecule has 1 spiro atoms. The molecule has 236 valence electrons. The fourth-order valence-corrected chi connectivity index (χ4v) is 8.20. The molecular formula is C35H51N3O5. The number of hydrogen-bond donors (Lipinski definition) is 1. The molecule has 0 aromatic heterocycles. The van der Waals surface area contributed by atoms with Gasteiger partial charge in [0.15, 0.2) is 0 Å². The zero-order chi connectivity index (χ0) is 31.7. The third kappa shape index (κ3) is 5.14. The number of aryl methyl sites for hydroxylation is 2. The number of ether oxygens (including phenoxy) is 1. The van der Waals surface area contributed by atoms with Crippen molar-refractivity contribution in [3.63, 3.8) is 0 Å². The third-order valence-electron chi connectivity index (χ3n) is 10.4. The first-order valence-electron chi connectivity index (χ1n) is 16.0. The van der Waals surface area contributed by atoms with Gasteiger partial charge in [0, 0.05) is 25.3 Å². The molecule has 0 radical (unpaired) electrons. The van der Waals surface area contributed by atoms with Gasteiger partial charge >= 0.3 is 0 Å². The molecule has 43 heavy (non-hydrogen) atoms. The molecule has 4 rings (SSSR count). The summed E-state index contributed by atoms with van der Waals surface area (Å²) in [6, 6.07) is 4.33. The highest BCUT2D eigenvalue weighted by molar-refractivity contribution is 6.06. The van der Waals surface area contributed by atoms with Crippen LogP contribution in [0.5, 0.6) is 0 Å². The predicted molar refractivity (Wildman–Crippen MR) is 170 cm³/mol. The molecule has 8 nitrogen and oxygen atoms in total. The van der Waals surface area contributed by atoms with Gasteiger partial charge in [-0.05, 0) is 56.6 Å². The van der Waals surface area contributed by atoms with Crippen LogP contribution in [-0.2, 0) is 19.1 Å². The van der Waals surface area contributed by atoms with Gasteiger partial charge < -0.3 is 24.5 Å². The second-order valence-corrected chi connectivity index (χ2v) is 12.8. The third-order valence-corrected chi connectivity index (χ3v) is 10.4. The van der Waals surface area contributed by atoms with Gasteiger partial charge in [-0.15, -0.1) is 13.2 Å². The Morgan fingerprint density at radius 1 is 1.12 bits per heavy atom. The molecule has 3 aliphatic rings. The van der Waals surface area contributed by atoms with Crippen LogP contribution >= 0.6 is 0 Å². The number of aliphatic hydroxyl groups is 1. The van der Waals surface area contributed by atoms with Gasteiger partial charge in [-0.3, -0.25) is 14.4 Å². The number of nitrogens with zero attached hydrogens (tertiary/aromatic N) is 3. The summed E-state index contributed by atoms with van der Waals surface area (Å²) >= 11 is 0. The molecule has 0 saturated carbocycles. The largest absolute Gasteiger partial charge is 0.394 e. The van der Waals surface area contributed by atoms with Crippen LogP contribution in [-0.4, -0.2) is 82.2 Å². The van der Waals surface area contributed by atoms with E-state index in [0.717, 1.165) is 23.2 Å². The van der Waals surface area contributed by atoms with Crippen molar-refractivity contribution in [2.75, 3.05) is 31.1 Å². The van der Waals surface area contributed by atoms with Gasteiger partial charge in [0.2, 0.25) is 11.8 Å². The Balaban J connectivity index is 1.93. The number of likely N-dealkylation sites (tertiary alicyclic amines) is 1. The summed E-state index contributed by atoms with van der Waals surface area (Å²) in [4.78, 5) is 49.4. The van der Waals surface area contributed by atoms with E-state index in [2.05, 4.69) is 13.2 Å². The fraction of sp³-hybridized carbons (Fsp3) is 0.629. The number of hydrogen-bond acceptors (Lipinski definition) is 5. The standard InChI is InChI=1S/C35H51N3O5/c1-9-19-36(20-10-2)31(40)27-28-32(41)38(26(22-39)23(6)12-4)30(35(28)18-17-34(27,13-5)43-35)33(42)37(21-11-3)29-24(7)15-14-16-25(29)8/h9,11,14-16,23,26-28,30,39H,1,3,10,12-13,17-22H2,2,4-8H3/t23-,26-,27-,28-,30?,34+,35?/m0/s1. The first-order chi connectivity index (χ1) is 20.5. The molecule has 1 aromatic rings. The number of aliphatic hydroxyl groups excluding tert-OH is 1. The maximum Gasteiger partial charge on any atom is 0.253 e. The van der Waals surface area contributed by atoms with Gasteiger partial charge in [-0.2, -0.15) is 0 Å². The minimum atomic E-state index is -1.17. The summed E-state index contributed by atoms with van der Waals surface area (Å²) in [7, 11) is 0. The topological polar surface area (TPSA) is 90.4 Å². The van der Waals surface area contributed by atoms with E-state index in [1.54, 1.807) is 26.9 Å². The number of carbonyl (C=O) groups is 3. The molecule has 3 heterocycles. The number of anilines is 1. The maximum atomic E-state index is 15.1. The molecule has 3 fully saturated rings. The number of carbonyl (C=O) groups excluding carboxylic acids is 3. The molecule has 3 saturated heterocycles. The maximum absolute atomic E-state index is 15.1. The Labute approximate surface area is 257 Å². The molecular weight excluding hydrogens is 542 g/mol. The molecule has 1 aromatic carbocycles. The van der Waals surface area contributed by atoms with E-state index in [4.69, 9.17) is 4.74 Å². The van der Waals surface area contributed by atoms with Crippen molar-refractivity contribution >= 4 is 23.4 Å². The Hall–Kier alpha value is -2.97. The van der Waals surface area contributed by atoms with E-state index in [9.17, 15) is 14.7 Å². The van der Waals surface area contributed by atoms with Gasteiger partial charge in [-0.25, -0.2) is 0 Å². The molecule has 7 atom stereocenters. The Morgan fingerprint density at radius 3 is 2.30 bits per heavy atom. The normalized spacial score (nSPS) is 28.9. The average Bonchev–Trinajstić information content (AvgIpc) is 3.60. The lowest BCUT2D eigenvalue weighted by molar-refractivity contribution is -0.154. The SMILES string of the molecule is C=CCN(CCC)C(=O)[C@@H]1[C@H]2C(=O)N([C@@H](CO)[C@@H](C)CC)C(C(=O)N(CC=C)c3c(C)cccc3C)C23CC[C@@]1(CC)O3. The molecule has 1 N–H and O–H groups in total.